The summed E-state index contributed by atoms with van der Waals surface area (Å²) in [6, 6.07) is 0. The molecule has 0 aliphatic heterocycles. The summed E-state index contributed by atoms with van der Waals surface area (Å²) >= 11 is 0. The van der Waals surface area contributed by atoms with E-state index in [4.69, 9.17) is 10.8 Å². The van der Waals surface area contributed by atoms with E-state index in [1.807, 2.05) is 0 Å². The molecular formula is C6H8F3N3O. The summed E-state index contributed by atoms with van der Waals surface area (Å²) in [5, 5.41) is 14.0. The van der Waals surface area contributed by atoms with Crippen LogP contribution in [0.5, 0.6) is 0 Å². The Morgan fingerprint density at radius 1 is 1.62 bits per heavy atom. The Bertz CT molecular complexity index is 283. The third kappa shape index (κ3) is 1.99. The van der Waals surface area contributed by atoms with E-state index in [0.717, 1.165) is 6.20 Å². The Kier molecular flexibility index (Phi) is 2.58. The maximum Gasteiger partial charge on any atom is 0.433 e. The largest absolute Gasteiger partial charge is 0.433 e. The minimum absolute atomic E-state index is 0.275. The highest BCUT2D eigenvalue weighted by molar-refractivity contribution is 5.22. The zero-order valence-electron chi connectivity index (χ0n) is 6.47. The van der Waals surface area contributed by atoms with Gasteiger partial charge in [0.05, 0.1) is 12.3 Å². The number of alkyl halides is 3. The fourth-order valence-corrected chi connectivity index (χ4v) is 0.902. The maximum absolute atomic E-state index is 12.2. The highest BCUT2D eigenvalue weighted by Crippen LogP contribution is 2.32. The number of nitrogens with two attached hydrogens (primary N) is 1. The molecule has 0 bridgehead atoms. The van der Waals surface area contributed by atoms with Gasteiger partial charge in [0.2, 0.25) is 0 Å². The molecule has 1 heterocycles. The van der Waals surface area contributed by atoms with E-state index >= 15 is 0 Å². The van der Waals surface area contributed by atoms with E-state index in [1.165, 1.54) is 0 Å². The molecule has 0 saturated carbocycles. The number of nitrogens with one attached hydrogen (secondary N) is 1. The van der Waals surface area contributed by atoms with Crippen LogP contribution in [0.3, 0.4) is 0 Å². The number of H-pyrrole nitrogens is 1. The van der Waals surface area contributed by atoms with Crippen LogP contribution in [0.4, 0.5) is 13.2 Å². The van der Waals surface area contributed by atoms with Gasteiger partial charge in [0.15, 0.2) is 0 Å². The predicted molar refractivity (Wildman–Crippen MR) is 37.6 cm³/mol. The van der Waals surface area contributed by atoms with Gasteiger partial charge in [-0.3, -0.25) is 5.10 Å². The number of aliphatic hydroxyl groups excluding tert-OH is 1. The van der Waals surface area contributed by atoms with Crippen molar-refractivity contribution >= 4 is 0 Å². The van der Waals surface area contributed by atoms with Crippen LogP contribution in [0.25, 0.3) is 0 Å². The summed E-state index contributed by atoms with van der Waals surface area (Å²) in [7, 11) is 0. The average molecular weight is 195 g/mol. The highest BCUT2D eigenvalue weighted by Gasteiger charge is 2.36. The molecule has 1 unspecified atom stereocenters. The van der Waals surface area contributed by atoms with Gasteiger partial charge in [-0.15, -0.1) is 0 Å². The van der Waals surface area contributed by atoms with Crippen LogP contribution in [0.2, 0.25) is 0 Å². The zero-order valence-corrected chi connectivity index (χ0v) is 6.47. The van der Waals surface area contributed by atoms with Crippen molar-refractivity contribution in [3.05, 3.63) is 17.5 Å². The molecule has 0 aliphatic carbocycles. The fraction of sp³-hybridized carbons (Fsp3) is 0.500. The Morgan fingerprint density at radius 2 is 2.23 bits per heavy atom. The summed E-state index contributed by atoms with van der Waals surface area (Å²) in [6.07, 6.45) is -4.96. The number of aromatic nitrogens is 2. The second-order valence-electron chi connectivity index (χ2n) is 2.45. The summed E-state index contributed by atoms with van der Waals surface area (Å²) in [4.78, 5) is 0. The molecule has 0 radical (unpaired) electrons. The molecular weight excluding hydrogens is 187 g/mol. The van der Waals surface area contributed by atoms with E-state index in [0.29, 0.717) is 0 Å². The van der Waals surface area contributed by atoms with E-state index in [1.54, 1.807) is 5.10 Å². The molecule has 1 aromatic rings. The first-order chi connectivity index (χ1) is 5.96. The Balaban J connectivity index is 3.03. The van der Waals surface area contributed by atoms with Crippen LogP contribution in [0.1, 0.15) is 17.4 Å². The minimum Gasteiger partial charge on any atom is -0.387 e. The van der Waals surface area contributed by atoms with E-state index in [-0.39, 0.29) is 12.1 Å². The fourth-order valence-electron chi connectivity index (χ4n) is 0.902. The number of nitrogens with zero attached hydrogens (tertiary/aromatic N) is 1. The molecule has 1 aromatic heterocycles. The van der Waals surface area contributed by atoms with Crippen LogP contribution in [-0.4, -0.2) is 21.8 Å². The molecule has 0 amide bonds. The second kappa shape index (κ2) is 3.35. The van der Waals surface area contributed by atoms with Gasteiger partial charge in [-0.25, -0.2) is 0 Å². The molecule has 13 heavy (non-hydrogen) atoms. The molecule has 1 atom stereocenters. The molecule has 74 valence electrons. The molecule has 0 saturated heterocycles. The standard InChI is InChI=1S/C6H8F3N3O/c7-6(8,9)5-3(2-11-12-5)4(13)1-10/h2,4,13H,1,10H2,(H,11,12). The van der Waals surface area contributed by atoms with E-state index in [2.05, 4.69) is 5.10 Å². The normalized spacial score (nSPS) is 14.5. The van der Waals surface area contributed by atoms with E-state index < -0.39 is 18.0 Å². The number of aromatic amines is 1. The lowest BCUT2D eigenvalue weighted by molar-refractivity contribution is -0.142. The number of halogens is 3. The lowest BCUT2D eigenvalue weighted by Gasteiger charge is -2.10. The van der Waals surface area contributed by atoms with Crippen molar-refractivity contribution in [2.45, 2.75) is 12.3 Å². The third-order valence-corrected chi connectivity index (χ3v) is 1.53. The Labute approximate surface area is 71.6 Å². The van der Waals surface area contributed by atoms with E-state index in [9.17, 15) is 13.2 Å². The van der Waals surface area contributed by atoms with Gasteiger partial charge in [-0.05, 0) is 0 Å². The van der Waals surface area contributed by atoms with Crippen molar-refractivity contribution in [2.75, 3.05) is 6.54 Å². The van der Waals surface area contributed by atoms with Gasteiger partial charge in [0.25, 0.3) is 0 Å². The van der Waals surface area contributed by atoms with Crippen molar-refractivity contribution in [1.82, 2.24) is 10.2 Å². The van der Waals surface area contributed by atoms with Gasteiger partial charge >= 0.3 is 6.18 Å². The summed E-state index contributed by atoms with van der Waals surface area (Å²) in [5.41, 5.74) is 3.64. The zero-order chi connectivity index (χ0) is 10.1. The summed E-state index contributed by atoms with van der Waals surface area (Å²) in [6.45, 7) is -0.275. The van der Waals surface area contributed by atoms with Gasteiger partial charge < -0.3 is 10.8 Å². The molecule has 4 nitrogen and oxygen atoms in total. The highest BCUT2D eigenvalue weighted by atomic mass is 19.4. The van der Waals surface area contributed by atoms with Gasteiger partial charge in [-0.1, -0.05) is 0 Å². The van der Waals surface area contributed by atoms with Crippen LogP contribution < -0.4 is 5.73 Å². The lowest BCUT2D eigenvalue weighted by atomic mass is 10.1. The van der Waals surface area contributed by atoms with Gasteiger partial charge in [-0.2, -0.15) is 18.3 Å². The van der Waals surface area contributed by atoms with Crippen molar-refractivity contribution < 1.29 is 18.3 Å². The predicted octanol–water partition coefficient (Wildman–Crippen LogP) is 0.421. The SMILES string of the molecule is NCC(O)c1cn[nH]c1C(F)(F)F. The van der Waals surface area contributed by atoms with Crippen molar-refractivity contribution in [3.63, 3.8) is 0 Å². The maximum atomic E-state index is 12.2. The smallest absolute Gasteiger partial charge is 0.387 e. The number of rotatable bonds is 2. The van der Waals surface area contributed by atoms with Crippen LogP contribution >= 0.6 is 0 Å². The summed E-state index contributed by atoms with van der Waals surface area (Å²) < 4.78 is 36.5. The second-order valence-corrected chi connectivity index (χ2v) is 2.45. The summed E-state index contributed by atoms with van der Waals surface area (Å²) in [5.74, 6) is 0. The number of aliphatic hydroxyl groups is 1. The van der Waals surface area contributed by atoms with Gasteiger partial charge in [0, 0.05) is 12.1 Å². The van der Waals surface area contributed by atoms with Crippen molar-refractivity contribution in [1.29, 1.82) is 0 Å². The van der Waals surface area contributed by atoms with Crippen molar-refractivity contribution in [3.8, 4) is 0 Å². The lowest BCUT2D eigenvalue weighted by Crippen LogP contribution is -2.16. The Morgan fingerprint density at radius 3 is 2.69 bits per heavy atom. The topological polar surface area (TPSA) is 74.9 Å². The first-order valence-corrected chi connectivity index (χ1v) is 3.45. The molecule has 1 rings (SSSR count). The van der Waals surface area contributed by atoms with Crippen LogP contribution in [0.15, 0.2) is 6.20 Å². The van der Waals surface area contributed by atoms with Crippen LogP contribution in [0, 0.1) is 0 Å². The number of hydrogen-bond donors (Lipinski definition) is 3. The van der Waals surface area contributed by atoms with Gasteiger partial charge in [0.1, 0.15) is 5.69 Å². The molecule has 0 aromatic carbocycles. The monoisotopic (exact) mass is 195 g/mol. The number of hydrogen-bond acceptors (Lipinski definition) is 3. The molecule has 0 spiro atoms. The molecule has 4 N–H and O–H groups in total. The van der Waals surface area contributed by atoms with Crippen molar-refractivity contribution in [2.24, 2.45) is 5.73 Å². The molecule has 0 aliphatic rings. The molecule has 0 fully saturated rings. The molecule has 7 heteroatoms. The quantitative estimate of drug-likeness (QED) is 0.640. The van der Waals surface area contributed by atoms with Crippen LogP contribution in [-0.2, 0) is 6.18 Å². The minimum atomic E-state index is -4.54. The third-order valence-electron chi connectivity index (χ3n) is 1.53. The average Bonchev–Trinajstić information content (AvgIpc) is 2.49. The first-order valence-electron chi connectivity index (χ1n) is 3.45. The first kappa shape index (κ1) is 10.0. The Hall–Kier alpha value is -1.08.